The van der Waals surface area contributed by atoms with E-state index in [2.05, 4.69) is 0 Å². The quantitative estimate of drug-likeness (QED) is 0.668. The highest BCUT2D eigenvalue weighted by Crippen LogP contribution is 2.30. The van der Waals surface area contributed by atoms with Crippen LogP contribution >= 0.6 is 0 Å². The average molecular weight is 384 g/mol. The first kappa shape index (κ1) is 18.1. The first-order valence-corrected chi connectivity index (χ1v) is 10.8. The highest BCUT2D eigenvalue weighted by molar-refractivity contribution is 8.02. The van der Waals surface area contributed by atoms with Crippen molar-refractivity contribution in [3.8, 4) is 0 Å². The van der Waals surface area contributed by atoms with Gasteiger partial charge in [-0.3, -0.25) is 0 Å². The minimum atomic E-state index is -4.01. The van der Waals surface area contributed by atoms with Crippen LogP contribution in [0.2, 0.25) is 0 Å². The van der Waals surface area contributed by atoms with Crippen molar-refractivity contribution in [3.63, 3.8) is 0 Å². The van der Waals surface area contributed by atoms with Gasteiger partial charge in [0.15, 0.2) is 0 Å². The van der Waals surface area contributed by atoms with Crippen LogP contribution in [0.1, 0.15) is 5.56 Å². The minimum absolute atomic E-state index is 0.0386. The molecule has 0 saturated carbocycles. The van der Waals surface area contributed by atoms with E-state index in [4.69, 9.17) is 0 Å². The molecule has 0 saturated heterocycles. The van der Waals surface area contributed by atoms with E-state index in [0.717, 1.165) is 5.41 Å². The van der Waals surface area contributed by atoms with Crippen molar-refractivity contribution >= 4 is 24.6 Å². The van der Waals surface area contributed by atoms with Gasteiger partial charge in [0.2, 0.25) is 19.7 Å². The van der Waals surface area contributed by atoms with E-state index < -0.39 is 19.7 Å². The van der Waals surface area contributed by atoms with Crippen LogP contribution in [0.25, 0.3) is 4.91 Å². The zero-order valence-electron chi connectivity index (χ0n) is 13.7. The van der Waals surface area contributed by atoms with E-state index in [-0.39, 0.29) is 14.7 Å². The summed E-state index contributed by atoms with van der Waals surface area (Å²) in [5.74, 6) is 0. The number of benzene rings is 3. The van der Waals surface area contributed by atoms with Crippen LogP contribution in [-0.4, -0.2) is 16.8 Å². The highest BCUT2D eigenvalue weighted by Gasteiger charge is 2.25. The molecule has 3 aromatic carbocycles. The van der Waals surface area contributed by atoms with E-state index in [0.29, 0.717) is 5.56 Å². The van der Waals surface area contributed by atoms with Crippen LogP contribution in [0.4, 0.5) is 0 Å². The average Bonchev–Trinajstić information content (AvgIpc) is 2.68. The zero-order valence-corrected chi connectivity index (χ0v) is 15.3. The number of hydrogen-bond donors (Lipinski definition) is 0. The summed E-state index contributed by atoms with van der Waals surface area (Å²) < 4.78 is 51.7. The Kier molecular flexibility index (Phi) is 5.06. The summed E-state index contributed by atoms with van der Waals surface area (Å²) in [6.07, 6.45) is 0. The summed E-state index contributed by atoms with van der Waals surface area (Å²) in [5.41, 5.74) is 0.316. The number of hydrogen-bond acceptors (Lipinski definition) is 4. The van der Waals surface area contributed by atoms with Gasteiger partial charge in [-0.15, -0.1) is 0 Å². The minimum Gasteiger partial charge on any atom is -0.219 e. The second kappa shape index (κ2) is 7.27. The molecule has 6 heteroatoms. The van der Waals surface area contributed by atoms with Gasteiger partial charge in [-0.25, -0.2) is 16.8 Å². The number of rotatable bonds is 5. The van der Waals surface area contributed by atoms with Crippen LogP contribution in [0.5, 0.6) is 0 Å². The van der Waals surface area contributed by atoms with E-state index in [1.807, 2.05) is 0 Å². The fraction of sp³-hybridized carbons (Fsp3) is 0. The van der Waals surface area contributed by atoms with Gasteiger partial charge in [0.05, 0.1) is 20.1 Å². The molecule has 0 atom stereocenters. The summed E-state index contributed by atoms with van der Waals surface area (Å²) in [7, 11) is -7.95. The van der Waals surface area contributed by atoms with Crippen LogP contribution in [0.3, 0.4) is 0 Å². The first-order chi connectivity index (χ1) is 12.4. The number of sulfone groups is 2. The van der Waals surface area contributed by atoms with E-state index in [1.165, 1.54) is 24.3 Å². The van der Waals surface area contributed by atoms with Crippen molar-refractivity contribution in [1.82, 2.24) is 0 Å². The molecule has 132 valence electrons. The molecule has 0 radical (unpaired) electrons. The van der Waals surface area contributed by atoms with Gasteiger partial charge in [-0.1, -0.05) is 66.7 Å². The smallest absolute Gasteiger partial charge is 0.207 e. The van der Waals surface area contributed by atoms with Crippen LogP contribution < -0.4 is 0 Å². The highest BCUT2D eigenvalue weighted by atomic mass is 32.2. The second-order valence-electron chi connectivity index (χ2n) is 5.52. The monoisotopic (exact) mass is 384 g/mol. The van der Waals surface area contributed by atoms with Crippen molar-refractivity contribution in [3.05, 3.63) is 102 Å². The van der Waals surface area contributed by atoms with Gasteiger partial charge in [0.25, 0.3) is 0 Å². The van der Waals surface area contributed by atoms with Gasteiger partial charge in [-0.2, -0.15) is 0 Å². The van der Waals surface area contributed by atoms with Crippen LogP contribution in [-0.2, 0) is 19.7 Å². The maximum atomic E-state index is 13.1. The Labute approximate surface area is 153 Å². The maximum absolute atomic E-state index is 13.1. The molecule has 0 unspecified atom stereocenters. The van der Waals surface area contributed by atoms with Crippen molar-refractivity contribution in [1.29, 1.82) is 0 Å². The summed E-state index contributed by atoms with van der Waals surface area (Å²) >= 11 is 0. The van der Waals surface area contributed by atoms with Gasteiger partial charge in [-0.05, 0) is 29.8 Å². The largest absolute Gasteiger partial charge is 0.219 e. The molecule has 0 heterocycles. The normalized spacial score (nSPS) is 12.7. The van der Waals surface area contributed by atoms with Crippen LogP contribution in [0.15, 0.2) is 106 Å². The molecule has 0 bridgehead atoms. The molecule has 0 aliphatic heterocycles. The molecule has 4 nitrogen and oxygen atoms in total. The summed E-state index contributed by atoms with van der Waals surface area (Å²) in [4.78, 5) is -0.178. The molecule has 26 heavy (non-hydrogen) atoms. The summed E-state index contributed by atoms with van der Waals surface area (Å²) in [6.45, 7) is 0. The van der Waals surface area contributed by atoms with Gasteiger partial charge in [0, 0.05) is 0 Å². The molecule has 3 aromatic rings. The first-order valence-electron chi connectivity index (χ1n) is 7.79. The molecule has 0 amide bonds. The predicted octanol–water partition coefficient (Wildman–Crippen LogP) is 3.93. The molecule has 0 aliphatic rings. The lowest BCUT2D eigenvalue weighted by molar-refractivity contribution is 0.601. The maximum Gasteiger partial charge on any atom is 0.207 e. The molecule has 0 aliphatic carbocycles. The Balaban J connectivity index is 2.24. The summed E-state index contributed by atoms with van der Waals surface area (Å²) in [6, 6.07) is 23.8. The van der Waals surface area contributed by atoms with E-state index in [9.17, 15) is 16.8 Å². The Morgan fingerprint density at radius 3 is 1.50 bits per heavy atom. The fourth-order valence-electron chi connectivity index (χ4n) is 2.43. The molecular formula is C20H16O4S2. The molecular weight excluding hydrogens is 368 g/mol. The second-order valence-corrected chi connectivity index (χ2v) is 9.24. The lowest BCUT2D eigenvalue weighted by atomic mass is 10.2. The Bertz CT molecular complexity index is 1120. The molecule has 0 aromatic heterocycles. The lowest BCUT2D eigenvalue weighted by Gasteiger charge is -2.10. The predicted molar refractivity (Wildman–Crippen MR) is 102 cm³/mol. The molecule has 0 fully saturated rings. The Morgan fingerprint density at radius 1 is 0.577 bits per heavy atom. The van der Waals surface area contributed by atoms with Crippen molar-refractivity contribution in [2.24, 2.45) is 0 Å². The zero-order chi connectivity index (χ0) is 18.6. The van der Waals surface area contributed by atoms with Crippen molar-refractivity contribution < 1.29 is 16.8 Å². The topological polar surface area (TPSA) is 68.3 Å². The standard InChI is InChI=1S/C20H16O4S2/c21-25(22,18-12-6-2-7-13-18)16-20(17-10-4-1-5-11-17)26(23,24)19-14-8-3-9-15-19/h1-16H/b20-16-. The lowest BCUT2D eigenvalue weighted by Crippen LogP contribution is -2.07. The molecule has 0 spiro atoms. The van der Waals surface area contributed by atoms with Crippen LogP contribution in [0, 0.1) is 0 Å². The van der Waals surface area contributed by atoms with Crippen molar-refractivity contribution in [2.75, 3.05) is 0 Å². The third-order valence-electron chi connectivity index (χ3n) is 3.74. The SMILES string of the molecule is O=S(=O)(/C=C(/c1ccccc1)S(=O)(=O)c1ccccc1)c1ccccc1. The van der Waals surface area contributed by atoms with Gasteiger partial charge in [0.1, 0.15) is 0 Å². The van der Waals surface area contributed by atoms with E-state index >= 15 is 0 Å². The molecule has 3 rings (SSSR count). The third-order valence-corrected chi connectivity index (χ3v) is 7.19. The molecule has 0 N–H and O–H groups in total. The fourth-order valence-corrected chi connectivity index (χ4v) is 5.63. The summed E-state index contributed by atoms with van der Waals surface area (Å²) in [5, 5.41) is 0.833. The van der Waals surface area contributed by atoms with Crippen molar-refractivity contribution in [2.45, 2.75) is 9.79 Å². The van der Waals surface area contributed by atoms with Gasteiger partial charge < -0.3 is 0 Å². The Morgan fingerprint density at radius 2 is 1.00 bits per heavy atom. The Hall–Kier alpha value is -2.70. The third kappa shape index (κ3) is 3.76. The van der Waals surface area contributed by atoms with Gasteiger partial charge >= 0.3 is 0 Å². The van der Waals surface area contributed by atoms with E-state index in [1.54, 1.807) is 66.7 Å².